The van der Waals surface area contributed by atoms with E-state index in [1.54, 1.807) is 25.4 Å². The summed E-state index contributed by atoms with van der Waals surface area (Å²) in [5, 5.41) is 5.94. The van der Waals surface area contributed by atoms with Crippen LogP contribution in [-0.4, -0.2) is 125 Å². The van der Waals surface area contributed by atoms with Gasteiger partial charge in [0, 0.05) is 91.5 Å². The highest BCUT2D eigenvalue weighted by molar-refractivity contribution is 7.90. The summed E-state index contributed by atoms with van der Waals surface area (Å²) in [6.45, 7) is 5.08. The molecule has 4 aliphatic rings. The molecule has 9 rings (SSSR count). The quantitative estimate of drug-likeness (QED) is 0.0917. The first-order valence-corrected chi connectivity index (χ1v) is 23.4. The molecule has 5 aromatic rings. The van der Waals surface area contributed by atoms with Crippen LogP contribution < -0.4 is 20.3 Å². The van der Waals surface area contributed by atoms with Crippen LogP contribution in [0, 0.1) is 11.6 Å². The average molecular weight is 909 g/mol. The number of aromatic amines is 1. The fraction of sp³-hybridized carbons (Fsp3) is 0.391. The van der Waals surface area contributed by atoms with Crippen molar-refractivity contribution in [2.24, 2.45) is 0 Å². The van der Waals surface area contributed by atoms with Crippen molar-refractivity contribution in [2.45, 2.75) is 69.5 Å². The van der Waals surface area contributed by atoms with Crippen LogP contribution in [0.1, 0.15) is 72.9 Å². The number of hydrogen-bond acceptors (Lipinski definition) is 11. The van der Waals surface area contributed by atoms with Crippen LogP contribution in [0.25, 0.3) is 22.2 Å². The average Bonchev–Trinajstić information content (AvgIpc) is 3.85. The second kappa shape index (κ2) is 17.9. The van der Waals surface area contributed by atoms with E-state index >= 15 is 8.78 Å². The molecule has 4 N–H and O–H groups in total. The molecule has 0 aliphatic carbocycles. The monoisotopic (exact) mass is 908 g/mol. The van der Waals surface area contributed by atoms with E-state index in [1.165, 1.54) is 18.8 Å². The van der Waals surface area contributed by atoms with Gasteiger partial charge in [-0.2, -0.15) is 12.7 Å². The summed E-state index contributed by atoms with van der Waals surface area (Å²) in [6, 6.07) is 15.2. The molecule has 4 fully saturated rings. The Morgan fingerprint density at radius 2 is 1.63 bits per heavy atom. The van der Waals surface area contributed by atoms with Crippen molar-refractivity contribution < 1.29 is 36.4 Å². The van der Waals surface area contributed by atoms with Gasteiger partial charge in [0.15, 0.2) is 5.82 Å². The first-order chi connectivity index (χ1) is 31.3. The molecular weight excluding hydrogens is 859 g/mol. The number of fused-ring (bicyclic) bond motifs is 3. The number of piperazine rings is 1. The first kappa shape index (κ1) is 43.9. The number of benzene rings is 2. The van der Waals surface area contributed by atoms with Crippen LogP contribution in [0.3, 0.4) is 0 Å². The summed E-state index contributed by atoms with van der Waals surface area (Å²) in [6.07, 6.45) is 9.19. The Morgan fingerprint density at radius 1 is 0.908 bits per heavy atom. The number of anilines is 3. The second-order valence-electron chi connectivity index (χ2n) is 17.3. The van der Waals surface area contributed by atoms with Crippen molar-refractivity contribution in [3.8, 4) is 11.1 Å². The normalized spacial score (nSPS) is 20.7. The molecule has 16 nitrogen and oxygen atoms in total. The minimum atomic E-state index is -4.15. The predicted molar refractivity (Wildman–Crippen MR) is 240 cm³/mol. The molecule has 2 aromatic carbocycles. The number of ketones is 1. The van der Waals surface area contributed by atoms with Crippen molar-refractivity contribution in [2.75, 3.05) is 61.3 Å². The van der Waals surface area contributed by atoms with Crippen molar-refractivity contribution in [1.82, 2.24) is 34.4 Å². The van der Waals surface area contributed by atoms with E-state index in [9.17, 15) is 27.6 Å². The predicted octanol–water partition coefficient (Wildman–Crippen LogP) is 5.02. The number of rotatable bonds is 13. The third-order valence-electron chi connectivity index (χ3n) is 13.3. The number of amides is 3. The maximum absolute atomic E-state index is 15.7. The Hall–Kier alpha value is -6.31. The third-order valence-corrected chi connectivity index (χ3v) is 14.8. The fourth-order valence-corrected chi connectivity index (χ4v) is 10.5. The van der Waals surface area contributed by atoms with Crippen molar-refractivity contribution >= 4 is 61.9 Å². The largest absolute Gasteiger partial charge is 0.374 e. The number of halogens is 2. The highest BCUT2D eigenvalue weighted by Gasteiger charge is 2.43. The molecule has 3 aromatic heterocycles. The highest BCUT2D eigenvalue weighted by atomic mass is 32.2. The number of hydrogen-bond donors (Lipinski definition) is 4. The minimum Gasteiger partial charge on any atom is -0.374 e. The molecule has 4 saturated heterocycles. The topological polar surface area (TPSA) is 193 Å². The number of carbonyl (C=O) groups is 4. The Morgan fingerprint density at radius 3 is 2.31 bits per heavy atom. The van der Waals surface area contributed by atoms with Crippen LogP contribution in [0.15, 0.2) is 73.2 Å². The molecule has 2 bridgehead atoms. The maximum atomic E-state index is 15.7. The molecule has 1 unspecified atom stereocenters. The maximum Gasteiger partial charge on any atom is 0.301 e. The summed E-state index contributed by atoms with van der Waals surface area (Å²) < 4.78 is 58.9. The summed E-state index contributed by atoms with van der Waals surface area (Å²) in [5.74, 6) is -2.66. The lowest BCUT2D eigenvalue weighted by atomic mass is 9.89. The van der Waals surface area contributed by atoms with E-state index < -0.39 is 44.9 Å². The van der Waals surface area contributed by atoms with E-state index in [0.717, 1.165) is 66.7 Å². The fourth-order valence-electron chi connectivity index (χ4n) is 9.53. The van der Waals surface area contributed by atoms with Gasteiger partial charge in [0.1, 0.15) is 23.3 Å². The Balaban J connectivity index is 0.802. The SMILES string of the molecule is CCN(C)S(=O)(=O)Nc1ccc(F)c(C(=O)c2c[nH]c3ncc(-c4ccc(N5C[C@H]6CC[C@@H](C5)N6C(=O)CN5CCC(c6ccc(NC7CCC(=O)NC7=O)cc6)CC5)nc4)cc23)c1F. The number of H-pyrrole nitrogens is 1. The molecule has 340 valence electrons. The molecule has 4 aliphatic heterocycles. The van der Waals surface area contributed by atoms with E-state index in [-0.39, 0.29) is 41.9 Å². The molecule has 0 saturated carbocycles. The van der Waals surface area contributed by atoms with Gasteiger partial charge in [-0.15, -0.1) is 0 Å². The molecule has 3 amide bonds. The Kier molecular flexibility index (Phi) is 12.1. The van der Waals surface area contributed by atoms with Crippen molar-refractivity contribution in [3.05, 3.63) is 102 Å². The van der Waals surface area contributed by atoms with Crippen LogP contribution in [0.2, 0.25) is 0 Å². The first-order valence-electron chi connectivity index (χ1n) is 21.9. The zero-order chi connectivity index (χ0) is 45.6. The van der Waals surface area contributed by atoms with Gasteiger partial charge < -0.3 is 20.1 Å². The van der Waals surface area contributed by atoms with Gasteiger partial charge in [-0.25, -0.2) is 18.7 Å². The zero-order valence-electron chi connectivity index (χ0n) is 36.0. The lowest BCUT2D eigenvalue weighted by molar-refractivity contribution is -0.136. The summed E-state index contributed by atoms with van der Waals surface area (Å²) in [4.78, 5) is 69.9. The number of nitrogens with zero attached hydrogens (tertiary/aromatic N) is 6. The Labute approximate surface area is 375 Å². The van der Waals surface area contributed by atoms with Gasteiger partial charge in [-0.05, 0) is 99.1 Å². The van der Waals surface area contributed by atoms with Gasteiger partial charge in [0.05, 0.1) is 17.8 Å². The number of piperidine rings is 2. The van der Waals surface area contributed by atoms with Gasteiger partial charge in [-0.3, -0.25) is 34.1 Å². The molecule has 0 radical (unpaired) electrons. The summed E-state index contributed by atoms with van der Waals surface area (Å²) in [5.41, 5.74) is 2.22. The summed E-state index contributed by atoms with van der Waals surface area (Å²) >= 11 is 0. The molecule has 3 atom stereocenters. The van der Waals surface area contributed by atoms with Crippen LogP contribution in [-0.2, 0) is 24.6 Å². The van der Waals surface area contributed by atoms with E-state index in [0.29, 0.717) is 60.6 Å². The van der Waals surface area contributed by atoms with Gasteiger partial charge in [0.25, 0.3) is 0 Å². The second-order valence-corrected chi connectivity index (χ2v) is 19.1. The van der Waals surface area contributed by atoms with Gasteiger partial charge >= 0.3 is 10.2 Å². The van der Waals surface area contributed by atoms with Crippen LogP contribution in [0.5, 0.6) is 0 Å². The number of carbonyl (C=O) groups excluding carboxylic acids is 4. The molecular formula is C46H50F2N10O6S. The standard InChI is InChI=1S/C46H50F2N10O6S/c1-3-55(2)65(63,64)54-37-12-11-36(47)42(43(37)48)44(61)35-23-51-45-34(35)20-30(22-50-45)29-6-14-39(49-21-29)57-24-32-9-10-33(25-57)58(32)41(60)26-56-18-16-28(17-19-56)27-4-7-31(8-5-27)52-38-13-15-40(59)53-46(38)62/h4-8,11-12,14,20-23,28,32-33,38,52,54H,3,9-10,13,15-19,24-26H2,1-2H3,(H,50,51)(H,53,59,62)/t32-,33+,38?. The van der Waals surface area contributed by atoms with Crippen molar-refractivity contribution in [1.29, 1.82) is 0 Å². The van der Waals surface area contributed by atoms with E-state index in [2.05, 4.69) is 52.2 Å². The number of aromatic nitrogens is 3. The number of imide groups is 1. The van der Waals surface area contributed by atoms with E-state index in [4.69, 9.17) is 4.98 Å². The lowest BCUT2D eigenvalue weighted by Crippen LogP contribution is -2.58. The van der Waals surface area contributed by atoms with Gasteiger partial charge in [-0.1, -0.05) is 19.1 Å². The van der Waals surface area contributed by atoms with Crippen LogP contribution >= 0.6 is 0 Å². The lowest BCUT2D eigenvalue weighted by Gasteiger charge is -2.42. The smallest absolute Gasteiger partial charge is 0.301 e. The van der Waals surface area contributed by atoms with Crippen LogP contribution in [0.4, 0.5) is 26.0 Å². The van der Waals surface area contributed by atoms with Crippen molar-refractivity contribution in [3.63, 3.8) is 0 Å². The number of pyridine rings is 2. The zero-order valence-corrected chi connectivity index (χ0v) is 36.8. The summed E-state index contributed by atoms with van der Waals surface area (Å²) in [7, 11) is -2.85. The van der Waals surface area contributed by atoms with Gasteiger partial charge in [0.2, 0.25) is 23.5 Å². The Bertz CT molecular complexity index is 2750. The molecule has 7 heterocycles. The van der Waals surface area contributed by atoms with E-state index in [1.807, 2.05) is 24.3 Å². The number of likely N-dealkylation sites (tertiary alicyclic amines) is 1. The number of nitrogens with one attached hydrogen (secondary N) is 4. The third kappa shape index (κ3) is 8.91. The minimum absolute atomic E-state index is 0.0417. The molecule has 0 spiro atoms. The molecule has 65 heavy (non-hydrogen) atoms. The molecule has 19 heteroatoms. The highest BCUT2D eigenvalue weighted by Crippen LogP contribution is 2.35.